The SMILES string of the molecule is O=C(Cc1coc(-c2ccccc2)n1)N1CCC(c2nc3ccccc3s2)CC1. The highest BCUT2D eigenvalue weighted by molar-refractivity contribution is 7.18. The monoisotopic (exact) mass is 403 g/mol. The van der Waals surface area contributed by atoms with Crippen LogP contribution in [0.1, 0.15) is 29.5 Å². The number of oxazole rings is 1. The molecule has 0 N–H and O–H groups in total. The molecule has 1 amide bonds. The minimum atomic E-state index is 0.112. The highest BCUT2D eigenvalue weighted by atomic mass is 32.1. The molecule has 3 heterocycles. The van der Waals surface area contributed by atoms with Gasteiger partial charge in [0.15, 0.2) is 0 Å². The van der Waals surface area contributed by atoms with Crippen molar-refractivity contribution in [3.63, 3.8) is 0 Å². The highest BCUT2D eigenvalue weighted by Gasteiger charge is 2.26. The lowest BCUT2D eigenvalue weighted by atomic mass is 9.97. The molecule has 0 saturated carbocycles. The van der Waals surface area contributed by atoms with Crippen LogP contribution in [0.25, 0.3) is 21.7 Å². The van der Waals surface area contributed by atoms with Gasteiger partial charge in [-0.2, -0.15) is 0 Å². The summed E-state index contributed by atoms with van der Waals surface area (Å²) in [5, 5.41) is 1.20. The van der Waals surface area contributed by atoms with Crippen molar-refractivity contribution in [3.8, 4) is 11.5 Å². The summed E-state index contributed by atoms with van der Waals surface area (Å²) in [4.78, 5) is 24.0. The largest absolute Gasteiger partial charge is 0.444 e. The van der Waals surface area contributed by atoms with Crippen LogP contribution in [0.2, 0.25) is 0 Å². The Kier molecular flexibility index (Phi) is 4.86. The molecule has 0 spiro atoms. The van der Waals surface area contributed by atoms with Crippen molar-refractivity contribution >= 4 is 27.5 Å². The summed E-state index contributed by atoms with van der Waals surface area (Å²) in [5.74, 6) is 1.11. The first-order valence-electron chi connectivity index (χ1n) is 9.89. The molecule has 1 saturated heterocycles. The van der Waals surface area contributed by atoms with E-state index >= 15 is 0 Å². The van der Waals surface area contributed by atoms with Crippen LogP contribution in [0, 0.1) is 0 Å². The van der Waals surface area contributed by atoms with Gasteiger partial charge in [-0.25, -0.2) is 9.97 Å². The lowest BCUT2D eigenvalue weighted by molar-refractivity contribution is -0.131. The first-order chi connectivity index (χ1) is 14.3. The van der Waals surface area contributed by atoms with Crippen LogP contribution < -0.4 is 0 Å². The molecule has 0 atom stereocenters. The zero-order valence-electron chi connectivity index (χ0n) is 16.0. The molecule has 29 heavy (non-hydrogen) atoms. The zero-order chi connectivity index (χ0) is 19.6. The van der Waals surface area contributed by atoms with E-state index in [0.29, 0.717) is 17.5 Å². The van der Waals surface area contributed by atoms with E-state index in [0.717, 1.165) is 37.0 Å². The zero-order valence-corrected chi connectivity index (χ0v) is 16.8. The molecule has 5 nitrogen and oxygen atoms in total. The standard InChI is InChI=1S/C23H21N3O2S/c27-21(14-18-15-28-22(24-18)16-6-2-1-3-7-16)26-12-10-17(11-13-26)23-25-19-8-4-5-9-20(19)29-23/h1-9,15,17H,10-14H2. The average molecular weight is 404 g/mol. The maximum Gasteiger partial charge on any atom is 0.228 e. The number of benzene rings is 2. The van der Waals surface area contributed by atoms with Crippen molar-refractivity contribution in [2.24, 2.45) is 0 Å². The van der Waals surface area contributed by atoms with E-state index in [1.807, 2.05) is 41.3 Å². The number of rotatable bonds is 4. The van der Waals surface area contributed by atoms with Gasteiger partial charge >= 0.3 is 0 Å². The van der Waals surface area contributed by atoms with E-state index < -0.39 is 0 Å². The molecule has 6 heteroatoms. The van der Waals surface area contributed by atoms with E-state index in [4.69, 9.17) is 9.40 Å². The Hall–Kier alpha value is -2.99. The molecule has 1 fully saturated rings. The molecular weight excluding hydrogens is 382 g/mol. The molecule has 1 aliphatic heterocycles. The number of nitrogens with zero attached hydrogens (tertiary/aromatic N) is 3. The number of carbonyl (C=O) groups is 1. The maximum absolute atomic E-state index is 12.7. The van der Waals surface area contributed by atoms with Gasteiger partial charge in [0.25, 0.3) is 0 Å². The molecule has 0 radical (unpaired) electrons. The number of amides is 1. The summed E-state index contributed by atoms with van der Waals surface area (Å²) in [5.41, 5.74) is 2.68. The first kappa shape index (κ1) is 18.1. The number of likely N-dealkylation sites (tertiary alicyclic amines) is 1. The Balaban J connectivity index is 1.20. The summed E-state index contributed by atoms with van der Waals surface area (Å²) in [7, 11) is 0. The van der Waals surface area contributed by atoms with Gasteiger partial charge in [0.05, 0.1) is 27.3 Å². The molecule has 0 aliphatic carbocycles. The molecule has 1 aliphatic rings. The summed E-state index contributed by atoms with van der Waals surface area (Å²) in [6, 6.07) is 18.0. The van der Waals surface area contributed by atoms with Gasteiger partial charge in [0, 0.05) is 24.6 Å². The Morgan fingerprint density at radius 1 is 1.03 bits per heavy atom. The van der Waals surface area contributed by atoms with Crippen molar-refractivity contribution < 1.29 is 9.21 Å². The quantitative estimate of drug-likeness (QED) is 0.486. The minimum absolute atomic E-state index is 0.112. The lowest BCUT2D eigenvalue weighted by Gasteiger charge is -2.31. The van der Waals surface area contributed by atoms with Gasteiger partial charge in [0.2, 0.25) is 11.8 Å². The maximum atomic E-state index is 12.7. The number of para-hydroxylation sites is 1. The second-order valence-corrected chi connectivity index (χ2v) is 8.42. The van der Waals surface area contributed by atoms with Crippen LogP contribution in [-0.4, -0.2) is 33.9 Å². The van der Waals surface area contributed by atoms with Crippen molar-refractivity contribution in [3.05, 3.63) is 71.6 Å². The lowest BCUT2D eigenvalue weighted by Crippen LogP contribution is -2.38. The van der Waals surface area contributed by atoms with E-state index in [1.165, 1.54) is 9.71 Å². The van der Waals surface area contributed by atoms with Gasteiger partial charge in [0.1, 0.15) is 6.26 Å². The highest BCUT2D eigenvalue weighted by Crippen LogP contribution is 2.34. The van der Waals surface area contributed by atoms with E-state index in [1.54, 1.807) is 17.6 Å². The number of hydrogen-bond donors (Lipinski definition) is 0. The summed E-state index contributed by atoms with van der Waals surface area (Å²) in [6.07, 6.45) is 3.79. The molecule has 4 aromatic rings. The van der Waals surface area contributed by atoms with Crippen LogP contribution in [0.3, 0.4) is 0 Å². The summed E-state index contributed by atoms with van der Waals surface area (Å²) < 4.78 is 6.79. The van der Waals surface area contributed by atoms with E-state index in [-0.39, 0.29) is 12.3 Å². The molecule has 0 bridgehead atoms. The van der Waals surface area contributed by atoms with Crippen LogP contribution in [-0.2, 0) is 11.2 Å². The molecule has 2 aromatic heterocycles. The van der Waals surface area contributed by atoms with Gasteiger partial charge in [-0.05, 0) is 37.1 Å². The Bertz CT molecular complexity index is 1090. The number of thiazole rings is 1. The van der Waals surface area contributed by atoms with Gasteiger partial charge in [-0.3, -0.25) is 4.79 Å². The molecule has 0 unspecified atom stereocenters. The van der Waals surface area contributed by atoms with Crippen LogP contribution in [0.15, 0.2) is 65.3 Å². The second kappa shape index (κ2) is 7.79. The van der Waals surface area contributed by atoms with Crippen LogP contribution >= 0.6 is 11.3 Å². The van der Waals surface area contributed by atoms with Crippen molar-refractivity contribution in [2.75, 3.05) is 13.1 Å². The minimum Gasteiger partial charge on any atom is -0.444 e. The number of fused-ring (bicyclic) bond motifs is 1. The van der Waals surface area contributed by atoms with E-state index in [2.05, 4.69) is 23.2 Å². The number of hydrogen-bond acceptors (Lipinski definition) is 5. The fourth-order valence-corrected chi connectivity index (χ4v) is 4.95. The first-order valence-corrected chi connectivity index (χ1v) is 10.7. The van der Waals surface area contributed by atoms with Crippen molar-refractivity contribution in [1.82, 2.24) is 14.9 Å². The predicted octanol–water partition coefficient (Wildman–Crippen LogP) is 4.90. The van der Waals surface area contributed by atoms with Crippen LogP contribution in [0.4, 0.5) is 0 Å². The third-order valence-corrected chi connectivity index (χ3v) is 6.61. The third-order valence-electron chi connectivity index (χ3n) is 5.41. The predicted molar refractivity (Wildman–Crippen MR) is 114 cm³/mol. The second-order valence-electron chi connectivity index (χ2n) is 7.36. The normalized spacial score (nSPS) is 15.1. The molecule has 146 valence electrons. The van der Waals surface area contributed by atoms with Crippen molar-refractivity contribution in [2.45, 2.75) is 25.2 Å². The smallest absolute Gasteiger partial charge is 0.228 e. The number of carbonyl (C=O) groups excluding carboxylic acids is 1. The molecule has 5 rings (SSSR count). The Labute approximate surface area is 173 Å². The molecular formula is C23H21N3O2S. The Morgan fingerprint density at radius 2 is 1.79 bits per heavy atom. The Morgan fingerprint density at radius 3 is 2.59 bits per heavy atom. The fraction of sp³-hybridized carbons (Fsp3) is 0.261. The number of piperidine rings is 1. The number of aromatic nitrogens is 2. The van der Waals surface area contributed by atoms with Gasteiger partial charge in [-0.1, -0.05) is 30.3 Å². The summed E-state index contributed by atoms with van der Waals surface area (Å²) in [6.45, 7) is 1.53. The topological polar surface area (TPSA) is 59.2 Å². The summed E-state index contributed by atoms with van der Waals surface area (Å²) >= 11 is 1.78. The van der Waals surface area contributed by atoms with Crippen LogP contribution in [0.5, 0.6) is 0 Å². The van der Waals surface area contributed by atoms with Gasteiger partial charge < -0.3 is 9.32 Å². The third kappa shape index (κ3) is 3.80. The average Bonchev–Trinajstić information content (AvgIpc) is 3.41. The van der Waals surface area contributed by atoms with E-state index in [9.17, 15) is 4.79 Å². The fourth-order valence-electron chi connectivity index (χ4n) is 3.81. The van der Waals surface area contributed by atoms with Gasteiger partial charge in [-0.15, -0.1) is 11.3 Å². The molecule has 2 aromatic carbocycles. The van der Waals surface area contributed by atoms with Crippen molar-refractivity contribution in [1.29, 1.82) is 0 Å².